The molecule has 0 fully saturated rings. The number of anilines is 2. The van der Waals surface area contributed by atoms with Gasteiger partial charge in [0.15, 0.2) is 18.1 Å². The highest BCUT2D eigenvalue weighted by molar-refractivity contribution is 5.92. The molecule has 0 aromatic heterocycles. The molecule has 1 amide bonds. The van der Waals surface area contributed by atoms with Gasteiger partial charge >= 0.3 is 0 Å². The number of rotatable bonds is 8. The molecule has 0 saturated carbocycles. The van der Waals surface area contributed by atoms with E-state index in [4.69, 9.17) is 9.47 Å². The lowest BCUT2D eigenvalue weighted by Gasteiger charge is -2.11. The molecule has 3 rings (SSSR count). The van der Waals surface area contributed by atoms with Crippen LogP contribution in [0.4, 0.5) is 15.8 Å². The van der Waals surface area contributed by atoms with Crippen molar-refractivity contribution in [2.45, 2.75) is 6.54 Å². The monoisotopic (exact) mass is 380 g/mol. The van der Waals surface area contributed by atoms with Crippen molar-refractivity contribution in [3.05, 3.63) is 84.2 Å². The van der Waals surface area contributed by atoms with Crippen molar-refractivity contribution < 1.29 is 18.7 Å². The van der Waals surface area contributed by atoms with Gasteiger partial charge in [0.2, 0.25) is 0 Å². The maximum Gasteiger partial charge on any atom is 0.262 e. The topological polar surface area (TPSA) is 59.6 Å². The number of methoxy groups -OCH3 is 1. The van der Waals surface area contributed by atoms with E-state index in [1.54, 1.807) is 43.5 Å². The van der Waals surface area contributed by atoms with Gasteiger partial charge in [-0.2, -0.15) is 0 Å². The van der Waals surface area contributed by atoms with Crippen LogP contribution in [-0.4, -0.2) is 19.6 Å². The number of halogens is 1. The summed E-state index contributed by atoms with van der Waals surface area (Å²) < 4.78 is 23.6. The third-order valence-electron chi connectivity index (χ3n) is 4.01. The van der Waals surface area contributed by atoms with Gasteiger partial charge < -0.3 is 20.1 Å². The van der Waals surface area contributed by atoms with Gasteiger partial charge in [0.25, 0.3) is 5.91 Å². The van der Waals surface area contributed by atoms with Crippen molar-refractivity contribution in [3.63, 3.8) is 0 Å². The molecule has 5 nitrogen and oxygen atoms in total. The van der Waals surface area contributed by atoms with Crippen molar-refractivity contribution in [1.29, 1.82) is 0 Å². The van der Waals surface area contributed by atoms with Crippen LogP contribution >= 0.6 is 0 Å². The van der Waals surface area contributed by atoms with E-state index in [0.717, 1.165) is 11.3 Å². The SMILES string of the molecule is COc1ccccc1OCC(=O)Nc1ccc(NCc2ccc(F)cc2)cc1. The lowest BCUT2D eigenvalue weighted by molar-refractivity contribution is -0.118. The minimum Gasteiger partial charge on any atom is -0.493 e. The summed E-state index contributed by atoms with van der Waals surface area (Å²) in [6.07, 6.45) is 0. The molecule has 0 radical (unpaired) electrons. The summed E-state index contributed by atoms with van der Waals surface area (Å²) in [7, 11) is 1.55. The van der Waals surface area contributed by atoms with Gasteiger partial charge in [-0.3, -0.25) is 4.79 Å². The highest BCUT2D eigenvalue weighted by Gasteiger charge is 2.07. The molecule has 0 unspecified atom stereocenters. The average Bonchev–Trinajstić information content (AvgIpc) is 2.73. The summed E-state index contributed by atoms with van der Waals surface area (Å²) in [4.78, 5) is 12.1. The summed E-state index contributed by atoms with van der Waals surface area (Å²) in [5.74, 6) is 0.573. The van der Waals surface area contributed by atoms with Crippen molar-refractivity contribution in [1.82, 2.24) is 0 Å². The van der Waals surface area contributed by atoms with Crippen LogP contribution in [0.5, 0.6) is 11.5 Å². The molecule has 0 saturated heterocycles. The lowest BCUT2D eigenvalue weighted by atomic mass is 10.2. The summed E-state index contributed by atoms with van der Waals surface area (Å²) in [6, 6.07) is 20.8. The molecule has 2 N–H and O–H groups in total. The number of carbonyl (C=O) groups is 1. The van der Waals surface area contributed by atoms with Crippen molar-refractivity contribution in [3.8, 4) is 11.5 Å². The summed E-state index contributed by atoms with van der Waals surface area (Å²) in [5, 5.41) is 6.03. The number of hydrogen-bond acceptors (Lipinski definition) is 4. The molecule has 0 bridgehead atoms. The molecule has 6 heteroatoms. The molecule has 0 aliphatic heterocycles. The number of hydrogen-bond donors (Lipinski definition) is 2. The quantitative estimate of drug-likeness (QED) is 0.606. The Kier molecular flexibility index (Phi) is 6.46. The van der Waals surface area contributed by atoms with Gasteiger partial charge in [0, 0.05) is 17.9 Å². The molecule has 3 aromatic rings. The Morgan fingerprint density at radius 3 is 2.21 bits per heavy atom. The molecule has 0 aliphatic rings. The summed E-state index contributed by atoms with van der Waals surface area (Å²) in [5.41, 5.74) is 2.54. The number of para-hydroxylation sites is 2. The zero-order valence-corrected chi connectivity index (χ0v) is 15.4. The van der Waals surface area contributed by atoms with E-state index < -0.39 is 0 Å². The third-order valence-corrected chi connectivity index (χ3v) is 4.01. The van der Waals surface area contributed by atoms with Gasteiger partial charge in [-0.25, -0.2) is 4.39 Å². The first-order valence-electron chi connectivity index (χ1n) is 8.78. The second kappa shape index (κ2) is 9.41. The van der Waals surface area contributed by atoms with Crippen LogP contribution in [0.25, 0.3) is 0 Å². The minimum absolute atomic E-state index is 0.120. The van der Waals surface area contributed by atoms with Gasteiger partial charge in [-0.15, -0.1) is 0 Å². The second-order valence-electron chi connectivity index (χ2n) is 6.05. The molecule has 0 atom stereocenters. The first kappa shape index (κ1) is 19.2. The smallest absolute Gasteiger partial charge is 0.262 e. The molecule has 3 aromatic carbocycles. The number of carbonyl (C=O) groups excluding carboxylic acids is 1. The maximum atomic E-state index is 12.9. The number of nitrogens with one attached hydrogen (secondary N) is 2. The molecule has 0 heterocycles. The zero-order valence-electron chi connectivity index (χ0n) is 15.4. The Morgan fingerprint density at radius 2 is 1.54 bits per heavy atom. The molecular weight excluding hydrogens is 359 g/mol. The van der Waals surface area contributed by atoms with E-state index in [2.05, 4.69) is 10.6 Å². The van der Waals surface area contributed by atoms with Crippen LogP contribution in [0.3, 0.4) is 0 Å². The fraction of sp³-hybridized carbons (Fsp3) is 0.136. The molecule has 0 spiro atoms. The van der Waals surface area contributed by atoms with Crippen LogP contribution in [0.2, 0.25) is 0 Å². The highest BCUT2D eigenvalue weighted by Crippen LogP contribution is 2.25. The summed E-state index contributed by atoms with van der Waals surface area (Å²) >= 11 is 0. The third kappa shape index (κ3) is 5.48. The normalized spacial score (nSPS) is 10.2. The predicted octanol–water partition coefficient (Wildman–Crippen LogP) is 4.46. The van der Waals surface area contributed by atoms with E-state index in [9.17, 15) is 9.18 Å². The zero-order chi connectivity index (χ0) is 19.8. The van der Waals surface area contributed by atoms with E-state index in [1.807, 2.05) is 24.3 Å². The first-order valence-corrected chi connectivity index (χ1v) is 8.78. The van der Waals surface area contributed by atoms with Gasteiger partial charge in [0.1, 0.15) is 5.82 Å². The van der Waals surface area contributed by atoms with E-state index >= 15 is 0 Å². The number of benzene rings is 3. The molecule has 144 valence electrons. The Labute approximate surface area is 163 Å². The van der Waals surface area contributed by atoms with Gasteiger partial charge in [-0.1, -0.05) is 24.3 Å². The average molecular weight is 380 g/mol. The fourth-order valence-electron chi connectivity index (χ4n) is 2.56. The number of amides is 1. The van der Waals surface area contributed by atoms with Gasteiger partial charge in [0.05, 0.1) is 7.11 Å². The Balaban J connectivity index is 1.48. The van der Waals surface area contributed by atoms with Gasteiger partial charge in [-0.05, 0) is 54.1 Å². The Morgan fingerprint density at radius 1 is 0.893 bits per heavy atom. The molecule has 28 heavy (non-hydrogen) atoms. The molecule has 0 aliphatic carbocycles. The van der Waals surface area contributed by atoms with E-state index in [0.29, 0.717) is 23.7 Å². The predicted molar refractivity (Wildman–Crippen MR) is 107 cm³/mol. The number of ether oxygens (including phenoxy) is 2. The minimum atomic E-state index is -0.266. The van der Waals surface area contributed by atoms with E-state index in [-0.39, 0.29) is 18.3 Å². The van der Waals surface area contributed by atoms with Crippen LogP contribution in [0, 0.1) is 5.82 Å². The van der Waals surface area contributed by atoms with Crippen molar-refractivity contribution in [2.24, 2.45) is 0 Å². The van der Waals surface area contributed by atoms with Crippen molar-refractivity contribution >= 4 is 17.3 Å². The maximum absolute atomic E-state index is 12.9. The van der Waals surface area contributed by atoms with Crippen molar-refractivity contribution in [2.75, 3.05) is 24.4 Å². The first-order chi connectivity index (χ1) is 13.6. The van der Waals surface area contributed by atoms with Crippen LogP contribution in [0.15, 0.2) is 72.8 Å². The Bertz CT molecular complexity index is 912. The van der Waals surface area contributed by atoms with Crippen LogP contribution < -0.4 is 20.1 Å². The Hall–Kier alpha value is -3.54. The second-order valence-corrected chi connectivity index (χ2v) is 6.05. The fourth-order valence-corrected chi connectivity index (χ4v) is 2.56. The lowest BCUT2D eigenvalue weighted by Crippen LogP contribution is -2.20. The van der Waals surface area contributed by atoms with E-state index in [1.165, 1.54) is 12.1 Å². The summed E-state index contributed by atoms with van der Waals surface area (Å²) in [6.45, 7) is 0.462. The standard InChI is InChI=1S/C22H21FN2O3/c1-27-20-4-2-3-5-21(20)28-15-22(26)25-19-12-10-18(11-13-19)24-14-16-6-8-17(23)9-7-16/h2-13,24H,14-15H2,1H3,(H,25,26). The highest BCUT2D eigenvalue weighted by atomic mass is 19.1. The van der Waals surface area contributed by atoms with Crippen LogP contribution in [-0.2, 0) is 11.3 Å². The molecular formula is C22H21FN2O3. The van der Waals surface area contributed by atoms with Crippen LogP contribution in [0.1, 0.15) is 5.56 Å². The largest absolute Gasteiger partial charge is 0.493 e.